The standard InChI is InChI=1S/C16H19ClN4/c1-12-4-3-5-14-16(12)19-15(6-7-17)21(14)13(2)10-20-9-8-18-11-20/h3-5,8-9,11,13H,6-7,10H2,1-2H3. The number of aryl methyl sites for hydroxylation is 2. The van der Waals surface area contributed by atoms with E-state index in [9.17, 15) is 0 Å². The Balaban J connectivity index is 2.06. The van der Waals surface area contributed by atoms with Gasteiger partial charge in [0.15, 0.2) is 0 Å². The van der Waals surface area contributed by atoms with Gasteiger partial charge in [-0.05, 0) is 25.5 Å². The summed E-state index contributed by atoms with van der Waals surface area (Å²) in [6, 6.07) is 6.62. The van der Waals surface area contributed by atoms with Crippen molar-refractivity contribution in [1.82, 2.24) is 19.1 Å². The van der Waals surface area contributed by atoms with Gasteiger partial charge < -0.3 is 9.13 Å². The maximum atomic E-state index is 5.95. The maximum Gasteiger partial charge on any atom is 0.111 e. The summed E-state index contributed by atoms with van der Waals surface area (Å²) in [5, 5.41) is 0. The minimum atomic E-state index is 0.296. The molecule has 2 heterocycles. The Hall–Kier alpha value is -1.81. The van der Waals surface area contributed by atoms with Gasteiger partial charge in [0.05, 0.1) is 23.4 Å². The van der Waals surface area contributed by atoms with Gasteiger partial charge in [0, 0.05) is 31.2 Å². The van der Waals surface area contributed by atoms with Crippen LogP contribution in [-0.4, -0.2) is 25.0 Å². The van der Waals surface area contributed by atoms with Crippen molar-refractivity contribution in [3.05, 3.63) is 48.3 Å². The van der Waals surface area contributed by atoms with Gasteiger partial charge in [0.1, 0.15) is 5.82 Å². The van der Waals surface area contributed by atoms with Gasteiger partial charge in [-0.25, -0.2) is 9.97 Å². The van der Waals surface area contributed by atoms with E-state index in [1.807, 2.05) is 18.7 Å². The summed E-state index contributed by atoms with van der Waals surface area (Å²) in [6.45, 7) is 5.18. The first-order chi connectivity index (χ1) is 10.2. The molecular weight excluding hydrogens is 284 g/mol. The van der Waals surface area contributed by atoms with Crippen LogP contribution in [0.1, 0.15) is 24.4 Å². The third kappa shape index (κ3) is 2.68. The fourth-order valence-corrected chi connectivity index (χ4v) is 3.01. The van der Waals surface area contributed by atoms with Gasteiger partial charge in [-0.3, -0.25) is 0 Å². The molecule has 0 amide bonds. The average molecular weight is 303 g/mol. The van der Waals surface area contributed by atoms with Gasteiger partial charge in [-0.15, -0.1) is 11.6 Å². The van der Waals surface area contributed by atoms with Gasteiger partial charge >= 0.3 is 0 Å². The van der Waals surface area contributed by atoms with Crippen LogP contribution in [0.25, 0.3) is 11.0 Å². The molecule has 0 aliphatic carbocycles. The number of hydrogen-bond acceptors (Lipinski definition) is 2. The van der Waals surface area contributed by atoms with Crippen LogP contribution >= 0.6 is 11.6 Å². The SMILES string of the molecule is Cc1cccc2c1nc(CCCl)n2C(C)Cn1ccnc1. The monoisotopic (exact) mass is 302 g/mol. The summed E-state index contributed by atoms with van der Waals surface area (Å²) in [5.74, 6) is 1.64. The Morgan fingerprint density at radius 3 is 2.90 bits per heavy atom. The molecular formula is C16H19ClN4. The van der Waals surface area contributed by atoms with Crippen LogP contribution in [-0.2, 0) is 13.0 Å². The number of benzene rings is 1. The van der Waals surface area contributed by atoms with Crippen LogP contribution in [0.5, 0.6) is 0 Å². The molecule has 0 saturated heterocycles. The molecule has 1 unspecified atom stereocenters. The van der Waals surface area contributed by atoms with E-state index >= 15 is 0 Å². The Labute approximate surface area is 129 Å². The number of alkyl halides is 1. The Morgan fingerprint density at radius 1 is 1.33 bits per heavy atom. The third-order valence-corrected chi connectivity index (χ3v) is 3.98. The van der Waals surface area contributed by atoms with E-state index in [4.69, 9.17) is 16.6 Å². The molecule has 0 fully saturated rings. The molecule has 0 bridgehead atoms. The molecule has 3 aromatic rings. The molecule has 2 aromatic heterocycles. The summed E-state index contributed by atoms with van der Waals surface area (Å²) in [4.78, 5) is 8.91. The van der Waals surface area contributed by atoms with Crippen molar-refractivity contribution in [2.24, 2.45) is 0 Å². The molecule has 110 valence electrons. The second-order valence-electron chi connectivity index (χ2n) is 5.39. The highest BCUT2D eigenvalue weighted by Gasteiger charge is 2.16. The summed E-state index contributed by atoms with van der Waals surface area (Å²) in [5.41, 5.74) is 3.47. The predicted octanol–water partition coefficient (Wildman–Crippen LogP) is 3.58. The lowest BCUT2D eigenvalue weighted by atomic mass is 10.2. The van der Waals surface area contributed by atoms with Crippen LogP contribution in [0.3, 0.4) is 0 Å². The quantitative estimate of drug-likeness (QED) is 0.675. The second-order valence-corrected chi connectivity index (χ2v) is 5.77. The van der Waals surface area contributed by atoms with Crippen molar-refractivity contribution in [2.75, 3.05) is 5.88 Å². The predicted molar refractivity (Wildman–Crippen MR) is 85.8 cm³/mol. The van der Waals surface area contributed by atoms with E-state index in [2.05, 4.69) is 46.2 Å². The molecule has 21 heavy (non-hydrogen) atoms. The molecule has 4 nitrogen and oxygen atoms in total. The van der Waals surface area contributed by atoms with Crippen LogP contribution in [0.2, 0.25) is 0 Å². The molecule has 0 radical (unpaired) electrons. The van der Waals surface area contributed by atoms with Gasteiger partial charge in [0.2, 0.25) is 0 Å². The van der Waals surface area contributed by atoms with Crippen molar-refractivity contribution >= 4 is 22.6 Å². The number of nitrogens with zero attached hydrogens (tertiary/aromatic N) is 4. The lowest BCUT2D eigenvalue weighted by molar-refractivity contribution is 0.461. The fourth-order valence-electron chi connectivity index (χ4n) is 2.84. The highest BCUT2D eigenvalue weighted by molar-refractivity contribution is 6.17. The van der Waals surface area contributed by atoms with E-state index in [0.717, 1.165) is 24.3 Å². The molecule has 0 N–H and O–H groups in total. The molecule has 0 spiro atoms. The van der Waals surface area contributed by atoms with E-state index in [1.54, 1.807) is 0 Å². The zero-order valence-electron chi connectivity index (χ0n) is 12.3. The number of rotatable bonds is 5. The summed E-state index contributed by atoms with van der Waals surface area (Å²) in [7, 11) is 0. The minimum absolute atomic E-state index is 0.296. The topological polar surface area (TPSA) is 35.6 Å². The molecule has 0 saturated carbocycles. The number of hydrogen-bond donors (Lipinski definition) is 0. The van der Waals surface area contributed by atoms with Crippen LogP contribution in [0.15, 0.2) is 36.9 Å². The van der Waals surface area contributed by atoms with Crippen LogP contribution in [0.4, 0.5) is 0 Å². The lowest BCUT2D eigenvalue weighted by Crippen LogP contribution is -2.15. The summed E-state index contributed by atoms with van der Waals surface area (Å²) in [6.07, 6.45) is 6.43. The van der Waals surface area contributed by atoms with Crippen molar-refractivity contribution in [1.29, 1.82) is 0 Å². The summed E-state index contributed by atoms with van der Waals surface area (Å²) >= 11 is 5.95. The Bertz CT molecular complexity index is 730. The number of para-hydroxylation sites is 1. The van der Waals surface area contributed by atoms with Crippen molar-refractivity contribution in [3.63, 3.8) is 0 Å². The highest BCUT2D eigenvalue weighted by atomic mass is 35.5. The Morgan fingerprint density at radius 2 is 2.19 bits per heavy atom. The first-order valence-corrected chi connectivity index (χ1v) is 7.72. The molecule has 1 atom stereocenters. The van der Waals surface area contributed by atoms with Crippen LogP contribution in [0, 0.1) is 6.92 Å². The zero-order valence-corrected chi connectivity index (χ0v) is 13.1. The minimum Gasteiger partial charge on any atom is -0.335 e. The number of aromatic nitrogens is 4. The molecule has 0 aliphatic rings. The van der Waals surface area contributed by atoms with Crippen molar-refractivity contribution < 1.29 is 0 Å². The van der Waals surface area contributed by atoms with Crippen molar-refractivity contribution in [3.8, 4) is 0 Å². The average Bonchev–Trinajstić information content (AvgIpc) is 3.07. The van der Waals surface area contributed by atoms with Crippen molar-refractivity contribution in [2.45, 2.75) is 32.9 Å². The smallest absolute Gasteiger partial charge is 0.111 e. The molecule has 1 aromatic carbocycles. The third-order valence-electron chi connectivity index (χ3n) is 3.79. The first kappa shape index (κ1) is 14.1. The lowest BCUT2D eigenvalue weighted by Gasteiger charge is -2.18. The van der Waals surface area contributed by atoms with Gasteiger partial charge in [0.25, 0.3) is 0 Å². The van der Waals surface area contributed by atoms with Gasteiger partial charge in [-0.1, -0.05) is 12.1 Å². The summed E-state index contributed by atoms with van der Waals surface area (Å²) < 4.78 is 4.40. The molecule has 3 rings (SSSR count). The van der Waals surface area contributed by atoms with Crippen LogP contribution < -0.4 is 0 Å². The van der Waals surface area contributed by atoms with E-state index < -0.39 is 0 Å². The molecule has 0 aliphatic heterocycles. The largest absolute Gasteiger partial charge is 0.335 e. The van der Waals surface area contributed by atoms with E-state index in [1.165, 1.54) is 11.1 Å². The first-order valence-electron chi connectivity index (χ1n) is 7.19. The van der Waals surface area contributed by atoms with Gasteiger partial charge in [-0.2, -0.15) is 0 Å². The maximum absolute atomic E-state index is 5.95. The van der Waals surface area contributed by atoms with E-state index in [-0.39, 0.29) is 0 Å². The number of imidazole rings is 2. The zero-order chi connectivity index (χ0) is 14.8. The van der Waals surface area contributed by atoms with E-state index in [0.29, 0.717) is 11.9 Å². The second kappa shape index (κ2) is 5.90. The fraction of sp³-hybridized carbons (Fsp3) is 0.375. The number of fused-ring (bicyclic) bond motifs is 1. The molecule has 5 heteroatoms. The Kier molecular flexibility index (Phi) is 3.97. The normalized spacial score (nSPS) is 12.9. The number of halogens is 1. The highest BCUT2D eigenvalue weighted by Crippen LogP contribution is 2.25.